The van der Waals surface area contributed by atoms with E-state index in [9.17, 15) is 22.8 Å². The Balaban J connectivity index is 1.35. The summed E-state index contributed by atoms with van der Waals surface area (Å²) in [6.45, 7) is -3.00. The van der Waals surface area contributed by atoms with Crippen molar-refractivity contribution in [2.24, 2.45) is 5.92 Å². The Morgan fingerprint density at radius 1 is 1.12 bits per heavy atom. The lowest BCUT2D eigenvalue weighted by Gasteiger charge is -2.28. The van der Waals surface area contributed by atoms with Gasteiger partial charge in [-0.1, -0.05) is 11.6 Å². The quantitative estimate of drug-likeness (QED) is 0.563. The number of carbonyl (C=O) groups is 2. The van der Waals surface area contributed by atoms with Crippen LogP contribution in [0.25, 0.3) is 0 Å². The molecule has 0 aliphatic heterocycles. The Morgan fingerprint density at radius 2 is 1.85 bits per heavy atom. The second kappa shape index (κ2) is 11.7. The molecule has 2 aromatic rings. The van der Waals surface area contributed by atoms with Crippen LogP contribution in [0.4, 0.5) is 13.2 Å². The summed E-state index contributed by atoms with van der Waals surface area (Å²) in [4.78, 5) is 28.5. The summed E-state index contributed by atoms with van der Waals surface area (Å²) in [6.07, 6.45) is 3.66. The molecule has 0 atom stereocenters. The van der Waals surface area contributed by atoms with E-state index in [4.69, 9.17) is 16.3 Å². The molecule has 0 saturated heterocycles. The highest BCUT2D eigenvalue weighted by Crippen LogP contribution is 2.25. The Bertz CT molecular complexity index is 954. The van der Waals surface area contributed by atoms with Crippen molar-refractivity contribution in [3.8, 4) is 11.5 Å². The van der Waals surface area contributed by atoms with E-state index in [1.54, 1.807) is 0 Å². The zero-order valence-corrected chi connectivity index (χ0v) is 18.3. The Morgan fingerprint density at radius 3 is 2.48 bits per heavy atom. The highest BCUT2D eigenvalue weighted by atomic mass is 35.5. The molecule has 0 bridgehead atoms. The molecule has 3 rings (SSSR count). The van der Waals surface area contributed by atoms with Gasteiger partial charge >= 0.3 is 6.61 Å². The summed E-state index contributed by atoms with van der Waals surface area (Å²) < 4.78 is 47.2. The third-order valence-electron chi connectivity index (χ3n) is 5.19. The number of ether oxygens (including phenoxy) is 2. The van der Waals surface area contributed by atoms with E-state index in [0.717, 1.165) is 6.07 Å². The highest BCUT2D eigenvalue weighted by molar-refractivity contribution is 6.30. The van der Waals surface area contributed by atoms with Crippen molar-refractivity contribution in [3.63, 3.8) is 0 Å². The number of rotatable bonds is 9. The first-order valence-electron chi connectivity index (χ1n) is 10.3. The number of nitrogens with zero attached hydrogens (tertiary/aromatic N) is 1. The molecular weight excluding hydrogens is 463 g/mol. The Hall–Kier alpha value is -3.01. The van der Waals surface area contributed by atoms with Crippen LogP contribution in [0.2, 0.25) is 5.02 Å². The molecule has 1 aromatic heterocycles. The topological polar surface area (TPSA) is 89.5 Å². The first-order valence-corrected chi connectivity index (χ1v) is 10.7. The molecule has 33 heavy (non-hydrogen) atoms. The van der Waals surface area contributed by atoms with E-state index in [-0.39, 0.29) is 53.4 Å². The minimum absolute atomic E-state index is 0.0266. The van der Waals surface area contributed by atoms with Crippen LogP contribution in [0.15, 0.2) is 36.5 Å². The molecule has 1 heterocycles. The number of halogens is 4. The zero-order chi connectivity index (χ0) is 23.8. The molecule has 2 N–H and O–H groups in total. The van der Waals surface area contributed by atoms with Crippen LogP contribution in [0, 0.1) is 11.7 Å². The second-order valence-corrected chi connectivity index (χ2v) is 7.97. The number of carbonyl (C=O) groups excluding carboxylic acids is 2. The molecule has 0 spiro atoms. The minimum Gasteiger partial charge on any atom is -0.484 e. The van der Waals surface area contributed by atoms with Gasteiger partial charge in [0.05, 0.1) is 23.5 Å². The fourth-order valence-electron chi connectivity index (χ4n) is 3.49. The van der Waals surface area contributed by atoms with Gasteiger partial charge in [0.25, 0.3) is 5.91 Å². The fourth-order valence-corrected chi connectivity index (χ4v) is 3.61. The monoisotopic (exact) mass is 485 g/mol. The first kappa shape index (κ1) is 24.6. The van der Waals surface area contributed by atoms with Gasteiger partial charge in [-0.25, -0.2) is 4.39 Å². The van der Waals surface area contributed by atoms with Crippen molar-refractivity contribution >= 4 is 23.4 Å². The molecule has 1 saturated carbocycles. The van der Waals surface area contributed by atoms with Gasteiger partial charge in [0.15, 0.2) is 6.61 Å². The molecule has 1 aliphatic carbocycles. The number of amides is 2. The van der Waals surface area contributed by atoms with Crippen LogP contribution in [0.3, 0.4) is 0 Å². The van der Waals surface area contributed by atoms with Gasteiger partial charge in [-0.2, -0.15) is 8.78 Å². The zero-order valence-electron chi connectivity index (χ0n) is 17.5. The van der Waals surface area contributed by atoms with Crippen LogP contribution < -0.4 is 20.1 Å². The largest absolute Gasteiger partial charge is 0.484 e. The Kier molecular flexibility index (Phi) is 8.76. The molecule has 1 fully saturated rings. The van der Waals surface area contributed by atoms with E-state index < -0.39 is 12.4 Å². The van der Waals surface area contributed by atoms with Crippen molar-refractivity contribution < 1.29 is 32.2 Å². The number of aromatic nitrogens is 1. The molecular formula is C22H23ClF3N3O4. The van der Waals surface area contributed by atoms with Gasteiger partial charge in [-0.05, 0) is 49.9 Å². The van der Waals surface area contributed by atoms with Crippen LogP contribution in [-0.2, 0) is 16.1 Å². The highest BCUT2D eigenvalue weighted by Gasteiger charge is 2.27. The molecule has 178 valence electrons. The standard InChI is InChI=1S/C22H23ClF3N3O4/c23-18-8-7-16(9-19(18)24)32-12-20(30)29-14-3-1-13(2-4-14)21(31)28-10-15-5-6-17(11-27-15)33-22(25)26/h5-9,11,13-14,22H,1-4,10,12H2,(H,28,31)(H,29,30). The predicted octanol–water partition coefficient (Wildman–Crippen LogP) is 3.85. The van der Waals surface area contributed by atoms with Crippen LogP contribution in [0.1, 0.15) is 31.4 Å². The maximum absolute atomic E-state index is 13.4. The molecule has 1 aromatic carbocycles. The van der Waals surface area contributed by atoms with Crippen LogP contribution >= 0.6 is 11.6 Å². The number of nitrogens with one attached hydrogen (secondary N) is 2. The van der Waals surface area contributed by atoms with E-state index in [1.165, 1.54) is 30.5 Å². The maximum Gasteiger partial charge on any atom is 0.387 e. The predicted molar refractivity (Wildman–Crippen MR) is 114 cm³/mol. The van der Waals surface area contributed by atoms with E-state index in [1.807, 2.05) is 0 Å². The summed E-state index contributed by atoms with van der Waals surface area (Å²) in [5.74, 6) is -1.11. The summed E-state index contributed by atoms with van der Waals surface area (Å²) in [7, 11) is 0. The normalized spacial score (nSPS) is 18.0. The van der Waals surface area contributed by atoms with Gasteiger partial charge in [0.2, 0.25) is 5.91 Å². The van der Waals surface area contributed by atoms with E-state index in [2.05, 4.69) is 20.4 Å². The SMILES string of the molecule is O=C(COc1ccc(Cl)c(F)c1)NC1CCC(C(=O)NCc2ccc(OC(F)F)cn2)CC1. The number of pyridine rings is 1. The molecule has 11 heteroatoms. The number of hydrogen-bond acceptors (Lipinski definition) is 5. The van der Waals surface area contributed by atoms with Gasteiger partial charge in [-0.15, -0.1) is 0 Å². The maximum atomic E-state index is 13.4. The molecule has 7 nitrogen and oxygen atoms in total. The lowest BCUT2D eigenvalue weighted by Crippen LogP contribution is -2.42. The lowest BCUT2D eigenvalue weighted by atomic mass is 9.85. The molecule has 0 unspecified atom stereocenters. The lowest BCUT2D eigenvalue weighted by molar-refractivity contribution is -0.126. The summed E-state index contributed by atoms with van der Waals surface area (Å²) in [6, 6.07) is 6.73. The van der Waals surface area contributed by atoms with Crippen molar-refractivity contribution in [3.05, 3.63) is 53.1 Å². The Labute approximate surface area is 193 Å². The van der Waals surface area contributed by atoms with E-state index in [0.29, 0.717) is 31.4 Å². The smallest absolute Gasteiger partial charge is 0.387 e. The van der Waals surface area contributed by atoms with Crippen molar-refractivity contribution in [2.75, 3.05) is 6.61 Å². The number of alkyl halides is 2. The fraction of sp³-hybridized carbons (Fsp3) is 0.409. The summed E-state index contributed by atoms with van der Waals surface area (Å²) in [5, 5.41) is 5.63. The van der Waals surface area contributed by atoms with Gasteiger partial charge in [-0.3, -0.25) is 14.6 Å². The average Bonchev–Trinajstić information content (AvgIpc) is 2.79. The van der Waals surface area contributed by atoms with E-state index >= 15 is 0 Å². The molecule has 0 radical (unpaired) electrons. The molecule has 1 aliphatic rings. The summed E-state index contributed by atoms with van der Waals surface area (Å²) >= 11 is 5.61. The third-order valence-corrected chi connectivity index (χ3v) is 5.50. The first-order chi connectivity index (χ1) is 15.8. The van der Waals surface area contributed by atoms with Crippen LogP contribution in [0.5, 0.6) is 11.5 Å². The van der Waals surface area contributed by atoms with Crippen molar-refractivity contribution in [2.45, 2.75) is 44.9 Å². The van der Waals surface area contributed by atoms with Gasteiger partial charge in [0, 0.05) is 18.0 Å². The van der Waals surface area contributed by atoms with Gasteiger partial charge < -0.3 is 20.1 Å². The van der Waals surface area contributed by atoms with Gasteiger partial charge in [0.1, 0.15) is 17.3 Å². The second-order valence-electron chi connectivity index (χ2n) is 7.56. The minimum atomic E-state index is -2.92. The number of hydrogen-bond donors (Lipinski definition) is 2. The van der Waals surface area contributed by atoms with Crippen molar-refractivity contribution in [1.29, 1.82) is 0 Å². The third kappa shape index (κ3) is 7.81. The van der Waals surface area contributed by atoms with Crippen molar-refractivity contribution in [1.82, 2.24) is 15.6 Å². The van der Waals surface area contributed by atoms with Crippen LogP contribution in [-0.4, -0.2) is 36.1 Å². The number of benzene rings is 1. The molecule has 2 amide bonds. The average molecular weight is 486 g/mol. The summed E-state index contributed by atoms with van der Waals surface area (Å²) in [5.41, 5.74) is 0.520.